The van der Waals surface area contributed by atoms with Gasteiger partial charge in [0.1, 0.15) is 12.1 Å². The molecule has 4 aromatic rings. The summed E-state index contributed by atoms with van der Waals surface area (Å²) in [5, 5.41) is 23.6. The Morgan fingerprint density at radius 2 is 1.32 bits per heavy atom. The van der Waals surface area contributed by atoms with Gasteiger partial charge in [-0.1, -0.05) is 90.1 Å². The zero-order valence-electron chi connectivity index (χ0n) is 27.3. The molecule has 2 atom stereocenters. The number of carbonyl (C=O) groups is 4. The van der Waals surface area contributed by atoms with E-state index >= 15 is 0 Å². The van der Waals surface area contributed by atoms with Crippen molar-refractivity contribution in [3.05, 3.63) is 93.9 Å². The molecule has 0 fully saturated rings. The van der Waals surface area contributed by atoms with Crippen molar-refractivity contribution in [2.75, 3.05) is 0 Å². The number of aromatic nitrogens is 2. The van der Waals surface area contributed by atoms with Crippen LogP contribution in [0.15, 0.2) is 73.1 Å². The number of thiophene rings is 1. The molecule has 0 aliphatic carbocycles. The van der Waals surface area contributed by atoms with Crippen LogP contribution in [0.25, 0.3) is 22.5 Å². The molecule has 2 unspecified atom stereocenters. The van der Waals surface area contributed by atoms with Crippen molar-refractivity contribution in [1.82, 2.24) is 20.6 Å². The summed E-state index contributed by atoms with van der Waals surface area (Å²) in [6.45, 7) is 12.6. The van der Waals surface area contributed by atoms with Gasteiger partial charge in [-0.3, -0.25) is 14.4 Å². The molecule has 4 N–H and O–H groups in total. The van der Waals surface area contributed by atoms with E-state index in [0.717, 1.165) is 21.6 Å². The first-order chi connectivity index (χ1) is 22.0. The number of benzene rings is 2. The highest BCUT2D eigenvalue weighted by molar-refractivity contribution is 7.14. The zero-order valence-corrected chi connectivity index (χ0v) is 28.1. The van der Waals surface area contributed by atoms with Crippen LogP contribution in [0.4, 0.5) is 0 Å². The number of amides is 2. The number of carboxylic acids is 2. The molecule has 0 bridgehead atoms. The first kappa shape index (κ1) is 35.0. The third-order valence-electron chi connectivity index (χ3n) is 7.57. The molecule has 0 radical (unpaired) electrons. The molecule has 2 aromatic heterocycles. The molecule has 10 nitrogen and oxygen atoms in total. The predicted molar refractivity (Wildman–Crippen MR) is 181 cm³/mol. The summed E-state index contributed by atoms with van der Waals surface area (Å²) in [6.07, 6.45) is 2.75. The van der Waals surface area contributed by atoms with Crippen molar-refractivity contribution >= 4 is 35.1 Å². The van der Waals surface area contributed by atoms with Crippen LogP contribution in [0.5, 0.6) is 0 Å². The Balaban J connectivity index is 1.52. The van der Waals surface area contributed by atoms with Crippen LogP contribution in [-0.4, -0.2) is 56.0 Å². The predicted octanol–water partition coefficient (Wildman–Crippen LogP) is 5.85. The van der Waals surface area contributed by atoms with Gasteiger partial charge in [0.15, 0.2) is 5.82 Å². The molecule has 47 heavy (non-hydrogen) atoms. The maximum Gasteiger partial charge on any atom is 0.326 e. The van der Waals surface area contributed by atoms with Gasteiger partial charge in [0, 0.05) is 34.8 Å². The number of carbonyl (C=O) groups excluding carboxylic acids is 2. The van der Waals surface area contributed by atoms with E-state index in [1.54, 1.807) is 42.7 Å². The van der Waals surface area contributed by atoms with E-state index in [0.29, 0.717) is 16.3 Å². The number of aliphatic carboxylic acids is 2. The molecule has 2 amide bonds. The third kappa shape index (κ3) is 9.32. The van der Waals surface area contributed by atoms with Gasteiger partial charge in [0.25, 0.3) is 5.91 Å². The van der Waals surface area contributed by atoms with E-state index in [1.165, 1.54) is 16.9 Å². The molecule has 11 heteroatoms. The van der Waals surface area contributed by atoms with E-state index in [9.17, 15) is 24.3 Å². The Kier molecular flexibility index (Phi) is 10.6. The Labute approximate surface area is 278 Å². The summed E-state index contributed by atoms with van der Waals surface area (Å²) >= 11 is 1.31. The van der Waals surface area contributed by atoms with Crippen LogP contribution >= 0.6 is 11.3 Å². The zero-order chi connectivity index (χ0) is 34.5. The minimum atomic E-state index is -1.66. The fourth-order valence-corrected chi connectivity index (χ4v) is 5.73. The second kappa shape index (κ2) is 14.3. The second-order valence-corrected chi connectivity index (χ2v) is 14.5. The van der Waals surface area contributed by atoms with Gasteiger partial charge in [0.05, 0.1) is 11.3 Å². The first-order valence-electron chi connectivity index (χ1n) is 15.2. The monoisotopic (exact) mass is 656 g/mol. The van der Waals surface area contributed by atoms with Gasteiger partial charge < -0.3 is 20.8 Å². The SMILES string of the molecule is CC(C)(C)c1ccc(-c2cnc(-c3ccc(CC(NC(=O)c4ccc(C(C)(C)C)s4)C(=O)NC(CC(=O)O)C(=O)O)cc3)nc2)cc1. The Hall–Kier alpha value is -4.90. The normalized spacial score (nSPS) is 13.0. The summed E-state index contributed by atoms with van der Waals surface area (Å²) < 4.78 is 0. The first-order valence-corrected chi connectivity index (χ1v) is 16.0. The van der Waals surface area contributed by atoms with Gasteiger partial charge in [-0.2, -0.15) is 0 Å². The molecule has 0 aliphatic heterocycles. The van der Waals surface area contributed by atoms with Gasteiger partial charge in [-0.05, 0) is 39.7 Å². The van der Waals surface area contributed by atoms with Crippen LogP contribution in [0.3, 0.4) is 0 Å². The van der Waals surface area contributed by atoms with Gasteiger partial charge >= 0.3 is 11.9 Å². The molecular formula is C36H40N4O6S. The number of nitrogens with one attached hydrogen (secondary N) is 2. The van der Waals surface area contributed by atoms with Crippen LogP contribution in [0.1, 0.15) is 73.6 Å². The van der Waals surface area contributed by atoms with Crippen molar-refractivity contribution in [3.8, 4) is 22.5 Å². The second-order valence-electron chi connectivity index (χ2n) is 13.5. The Bertz CT molecular complexity index is 1730. The lowest BCUT2D eigenvalue weighted by Gasteiger charge is -2.21. The van der Waals surface area contributed by atoms with Crippen LogP contribution in [-0.2, 0) is 31.6 Å². The summed E-state index contributed by atoms with van der Waals surface area (Å²) in [4.78, 5) is 59.8. The fraction of sp³-hybridized carbons (Fsp3) is 0.333. The molecule has 2 heterocycles. The number of hydrogen-bond acceptors (Lipinski definition) is 7. The highest BCUT2D eigenvalue weighted by Crippen LogP contribution is 2.30. The van der Waals surface area contributed by atoms with E-state index < -0.39 is 42.3 Å². The van der Waals surface area contributed by atoms with E-state index in [2.05, 4.69) is 65.6 Å². The lowest BCUT2D eigenvalue weighted by molar-refractivity contribution is -0.147. The molecular weight excluding hydrogens is 616 g/mol. The Morgan fingerprint density at radius 3 is 1.83 bits per heavy atom. The van der Waals surface area contributed by atoms with Gasteiger partial charge in [-0.25, -0.2) is 14.8 Å². The van der Waals surface area contributed by atoms with Crippen molar-refractivity contribution in [3.63, 3.8) is 0 Å². The molecule has 0 saturated carbocycles. The van der Waals surface area contributed by atoms with E-state index in [-0.39, 0.29) is 17.3 Å². The Morgan fingerprint density at radius 1 is 0.723 bits per heavy atom. The molecule has 246 valence electrons. The highest BCUT2D eigenvalue weighted by Gasteiger charge is 2.29. The van der Waals surface area contributed by atoms with Crippen molar-refractivity contribution in [2.24, 2.45) is 0 Å². The van der Waals surface area contributed by atoms with Crippen LogP contribution < -0.4 is 10.6 Å². The third-order valence-corrected chi connectivity index (χ3v) is 9.08. The molecule has 0 spiro atoms. The van der Waals surface area contributed by atoms with Gasteiger partial charge in [-0.15, -0.1) is 11.3 Å². The standard InChI is InChI=1S/C36H40N4O6S/c1-35(2,3)25-13-11-22(12-14-25)24-19-37-31(38-20-24)23-9-7-21(8-10-23)17-26(32(43)40-27(34(45)46)18-30(41)42)39-33(44)28-15-16-29(47-28)36(4,5)6/h7-16,19-20,26-27H,17-18H2,1-6H3,(H,39,44)(H,40,43)(H,41,42)(H,45,46). The summed E-state index contributed by atoms with van der Waals surface area (Å²) in [5.74, 6) is -3.65. The average Bonchev–Trinajstić information content (AvgIpc) is 3.52. The lowest BCUT2D eigenvalue weighted by Crippen LogP contribution is -2.52. The molecule has 2 aromatic carbocycles. The fourth-order valence-electron chi connectivity index (χ4n) is 4.76. The topological polar surface area (TPSA) is 159 Å². The minimum Gasteiger partial charge on any atom is -0.481 e. The summed E-state index contributed by atoms with van der Waals surface area (Å²) in [6, 6.07) is 16.2. The van der Waals surface area contributed by atoms with Crippen molar-refractivity contribution < 1.29 is 29.4 Å². The van der Waals surface area contributed by atoms with Crippen molar-refractivity contribution in [1.29, 1.82) is 0 Å². The molecule has 0 aliphatic rings. The van der Waals surface area contributed by atoms with Gasteiger partial charge in [0.2, 0.25) is 5.91 Å². The average molecular weight is 657 g/mol. The summed E-state index contributed by atoms with van der Waals surface area (Å²) in [7, 11) is 0. The summed E-state index contributed by atoms with van der Waals surface area (Å²) in [5.41, 5.74) is 4.44. The van der Waals surface area contributed by atoms with Crippen LogP contribution in [0, 0.1) is 0 Å². The quantitative estimate of drug-likeness (QED) is 0.156. The number of hydrogen-bond donors (Lipinski definition) is 4. The largest absolute Gasteiger partial charge is 0.481 e. The lowest BCUT2D eigenvalue weighted by atomic mass is 9.86. The number of nitrogens with zero attached hydrogens (tertiary/aromatic N) is 2. The smallest absolute Gasteiger partial charge is 0.326 e. The van der Waals surface area contributed by atoms with Crippen molar-refractivity contribution in [2.45, 2.75) is 77.3 Å². The van der Waals surface area contributed by atoms with E-state index in [1.807, 2.05) is 26.8 Å². The molecule has 0 saturated heterocycles. The minimum absolute atomic E-state index is 0.0269. The highest BCUT2D eigenvalue weighted by atomic mass is 32.1. The number of rotatable bonds is 11. The number of carboxylic acid groups (broad SMARTS) is 2. The van der Waals surface area contributed by atoms with E-state index in [4.69, 9.17) is 5.11 Å². The van der Waals surface area contributed by atoms with Crippen LogP contribution in [0.2, 0.25) is 0 Å². The maximum absolute atomic E-state index is 13.3. The maximum atomic E-state index is 13.3. The molecule has 4 rings (SSSR count).